The van der Waals surface area contributed by atoms with E-state index < -0.39 is 44.0 Å². The highest BCUT2D eigenvalue weighted by atomic mass is 32.2. The van der Waals surface area contributed by atoms with E-state index in [1.807, 2.05) is 0 Å². The first-order valence-electron chi connectivity index (χ1n) is 12.8. The molecule has 0 saturated carbocycles. The maximum atomic E-state index is 12.7. The van der Waals surface area contributed by atoms with Crippen molar-refractivity contribution in [1.29, 1.82) is 0 Å². The minimum absolute atomic E-state index is 0.00946. The van der Waals surface area contributed by atoms with E-state index in [4.69, 9.17) is 33.2 Å². The van der Waals surface area contributed by atoms with Gasteiger partial charge in [-0.1, -0.05) is 16.4 Å². The van der Waals surface area contributed by atoms with Crippen LogP contribution in [-0.4, -0.2) is 114 Å². The number of hydrogen-bond acceptors (Lipinski definition) is 17. The molecular formula is C26H34N2O15S2. The van der Waals surface area contributed by atoms with Gasteiger partial charge in [0.05, 0.1) is 53.5 Å². The topological polar surface area (TPSA) is 210 Å². The van der Waals surface area contributed by atoms with E-state index in [0.29, 0.717) is 11.5 Å². The maximum absolute atomic E-state index is 12.7. The molecule has 250 valence electrons. The molecule has 0 saturated heterocycles. The number of carbonyl (C=O) groups excluding carboxylic acids is 2. The minimum Gasteiger partial charge on any atom is -0.498 e. The lowest BCUT2D eigenvalue weighted by atomic mass is 9.96. The van der Waals surface area contributed by atoms with Crippen LogP contribution in [0.4, 0.5) is 0 Å². The number of oxime groups is 2. The van der Waals surface area contributed by atoms with Crippen molar-refractivity contribution in [3.63, 3.8) is 0 Å². The summed E-state index contributed by atoms with van der Waals surface area (Å²) in [5.74, 6) is -0.793. The standard InChI is InChI=1S/C26H34N2O15S2/c1-35-19-9-7-17(15-21(19)37-3)24(28-43-45(6,33)34)26(30)41-14-12-39-11-13-40-22(29)16-18-8-10-20(36-2)25(38-4)23(18)27-42-44(5,31)32/h7-10,15,25H,11-14,16H2,1-6H3. The summed E-state index contributed by atoms with van der Waals surface area (Å²) in [4.78, 5) is 25.1. The van der Waals surface area contributed by atoms with Crippen molar-refractivity contribution in [2.24, 2.45) is 10.3 Å². The number of hydrogen-bond donors (Lipinski definition) is 0. The molecule has 19 heteroatoms. The molecule has 17 nitrogen and oxygen atoms in total. The van der Waals surface area contributed by atoms with Crippen LogP contribution in [0.25, 0.3) is 0 Å². The van der Waals surface area contributed by atoms with Gasteiger partial charge in [-0.2, -0.15) is 16.8 Å². The Morgan fingerprint density at radius 1 is 0.800 bits per heavy atom. The summed E-state index contributed by atoms with van der Waals surface area (Å²) in [6.07, 6.45) is 3.37. The molecule has 0 heterocycles. The van der Waals surface area contributed by atoms with Crippen LogP contribution in [-0.2, 0) is 62.1 Å². The van der Waals surface area contributed by atoms with Gasteiger partial charge in [-0.25, -0.2) is 4.79 Å². The van der Waals surface area contributed by atoms with Gasteiger partial charge < -0.3 is 33.2 Å². The second-order valence-corrected chi connectivity index (χ2v) is 11.9. The number of ether oxygens (including phenoxy) is 7. The normalized spacial score (nSPS) is 16.3. The van der Waals surface area contributed by atoms with Gasteiger partial charge in [0.15, 0.2) is 23.3 Å². The van der Waals surface area contributed by atoms with Crippen LogP contribution in [0.2, 0.25) is 0 Å². The van der Waals surface area contributed by atoms with Crippen molar-refractivity contribution in [2.45, 2.75) is 12.5 Å². The van der Waals surface area contributed by atoms with Gasteiger partial charge in [0.25, 0.3) is 0 Å². The predicted octanol–water partition coefficient (Wildman–Crippen LogP) is 0.695. The van der Waals surface area contributed by atoms with E-state index in [2.05, 4.69) is 18.9 Å². The molecule has 1 aliphatic carbocycles. The Bertz CT molecular complexity index is 1550. The van der Waals surface area contributed by atoms with Gasteiger partial charge in [-0.3, -0.25) is 13.4 Å². The van der Waals surface area contributed by atoms with Crippen molar-refractivity contribution in [3.8, 4) is 11.5 Å². The molecule has 0 bridgehead atoms. The molecular weight excluding hydrogens is 644 g/mol. The number of allylic oxidation sites excluding steroid dienone is 2. The molecule has 45 heavy (non-hydrogen) atoms. The van der Waals surface area contributed by atoms with Gasteiger partial charge in [0.1, 0.15) is 24.7 Å². The van der Waals surface area contributed by atoms with E-state index in [1.54, 1.807) is 0 Å². The molecule has 1 unspecified atom stereocenters. The molecule has 1 aliphatic rings. The van der Waals surface area contributed by atoms with E-state index >= 15 is 0 Å². The van der Waals surface area contributed by atoms with Crippen molar-refractivity contribution in [3.05, 3.63) is 47.2 Å². The third-order valence-corrected chi connectivity index (χ3v) is 6.12. The number of esters is 2. The fourth-order valence-corrected chi connectivity index (χ4v) is 3.93. The highest BCUT2D eigenvalue weighted by molar-refractivity contribution is 7.86. The molecule has 0 aromatic heterocycles. The van der Waals surface area contributed by atoms with E-state index in [-0.39, 0.29) is 55.4 Å². The summed E-state index contributed by atoms with van der Waals surface area (Å²) in [6, 6.07) is 4.29. The largest absolute Gasteiger partial charge is 0.498 e. The Balaban J connectivity index is 1.90. The highest BCUT2D eigenvalue weighted by Gasteiger charge is 2.30. The number of nitrogens with zero attached hydrogens (tertiary/aromatic N) is 2. The fraction of sp³-hybridized carbons (Fsp3) is 0.462. The average molecular weight is 679 g/mol. The second-order valence-electron chi connectivity index (χ2n) is 8.77. The predicted molar refractivity (Wildman–Crippen MR) is 157 cm³/mol. The number of methoxy groups -OCH3 is 4. The van der Waals surface area contributed by atoms with E-state index in [1.165, 1.54) is 58.8 Å². The van der Waals surface area contributed by atoms with Crippen LogP contribution in [0, 0.1) is 0 Å². The molecule has 0 spiro atoms. The summed E-state index contributed by atoms with van der Waals surface area (Å²) in [5.41, 5.74) is -0.0458. The number of benzene rings is 1. The molecule has 0 fully saturated rings. The lowest BCUT2D eigenvalue weighted by Crippen LogP contribution is -2.31. The monoisotopic (exact) mass is 678 g/mol. The zero-order chi connectivity index (χ0) is 33.6. The summed E-state index contributed by atoms with van der Waals surface area (Å²) in [6.45, 7) is -0.611. The maximum Gasteiger partial charge on any atom is 0.361 e. The molecule has 0 radical (unpaired) electrons. The van der Waals surface area contributed by atoms with Crippen LogP contribution >= 0.6 is 0 Å². The minimum atomic E-state index is -4.03. The average Bonchev–Trinajstić information content (AvgIpc) is 2.98. The lowest BCUT2D eigenvalue weighted by Gasteiger charge is -2.23. The Morgan fingerprint density at radius 3 is 2.02 bits per heavy atom. The fourth-order valence-electron chi connectivity index (χ4n) is 3.51. The molecule has 1 atom stereocenters. The zero-order valence-corrected chi connectivity index (χ0v) is 27.0. The molecule has 0 N–H and O–H groups in total. The summed E-state index contributed by atoms with van der Waals surface area (Å²) in [7, 11) is -2.45. The van der Waals surface area contributed by atoms with E-state index in [9.17, 15) is 26.4 Å². The van der Waals surface area contributed by atoms with Crippen LogP contribution in [0.5, 0.6) is 11.5 Å². The zero-order valence-electron chi connectivity index (χ0n) is 25.3. The Labute approximate surface area is 260 Å². The Hall–Kier alpha value is -4.20. The summed E-state index contributed by atoms with van der Waals surface area (Å²) < 4.78 is 91.2. The molecule has 0 amide bonds. The lowest BCUT2D eigenvalue weighted by molar-refractivity contribution is -0.144. The summed E-state index contributed by atoms with van der Waals surface area (Å²) in [5, 5.41) is 7.07. The molecule has 1 aromatic carbocycles. The number of rotatable bonds is 18. The summed E-state index contributed by atoms with van der Waals surface area (Å²) >= 11 is 0. The van der Waals surface area contributed by atoms with Gasteiger partial charge in [-0.05, 0) is 29.8 Å². The van der Waals surface area contributed by atoms with E-state index in [0.717, 1.165) is 12.5 Å². The highest BCUT2D eigenvalue weighted by Crippen LogP contribution is 2.28. The Kier molecular flexibility index (Phi) is 14.2. The number of carbonyl (C=O) groups is 2. The van der Waals surface area contributed by atoms with Crippen LogP contribution in [0.3, 0.4) is 0 Å². The third-order valence-electron chi connectivity index (χ3n) is 5.43. The molecule has 1 aromatic rings. The van der Waals surface area contributed by atoms with Crippen molar-refractivity contribution in [2.75, 3.05) is 67.4 Å². The Morgan fingerprint density at radius 2 is 1.44 bits per heavy atom. The van der Waals surface area contributed by atoms with Gasteiger partial charge >= 0.3 is 32.2 Å². The van der Waals surface area contributed by atoms with Crippen molar-refractivity contribution >= 4 is 43.6 Å². The van der Waals surface area contributed by atoms with Gasteiger partial charge in [0, 0.05) is 12.7 Å². The van der Waals surface area contributed by atoms with Crippen LogP contribution in [0.1, 0.15) is 12.0 Å². The van der Waals surface area contributed by atoms with Crippen molar-refractivity contribution in [1.82, 2.24) is 0 Å². The van der Waals surface area contributed by atoms with Crippen LogP contribution in [0.15, 0.2) is 52.0 Å². The quantitative estimate of drug-likeness (QED) is 0.0905. The third kappa shape index (κ3) is 12.4. The molecule has 2 rings (SSSR count). The second kappa shape index (κ2) is 17.3. The smallest absolute Gasteiger partial charge is 0.361 e. The first-order chi connectivity index (χ1) is 21.2. The van der Waals surface area contributed by atoms with Gasteiger partial charge in [-0.15, -0.1) is 0 Å². The van der Waals surface area contributed by atoms with Crippen molar-refractivity contribution < 1.29 is 68.2 Å². The van der Waals surface area contributed by atoms with Crippen LogP contribution < -0.4 is 9.47 Å². The first-order valence-corrected chi connectivity index (χ1v) is 16.4. The van der Waals surface area contributed by atoms with Gasteiger partial charge in [0.2, 0.25) is 0 Å². The SMILES string of the molecule is COC1=CC=C(CC(=O)OCCOCCOC(=O)C(=NOS(C)(=O)=O)c2ccc(OC)c(OC)c2)C(=NOS(C)(=O)=O)C1OC. The molecule has 0 aliphatic heterocycles. The first kappa shape index (κ1) is 37.0.